The van der Waals surface area contributed by atoms with E-state index in [0.29, 0.717) is 12.4 Å². The van der Waals surface area contributed by atoms with Crippen LogP contribution in [0.3, 0.4) is 0 Å². The summed E-state index contributed by atoms with van der Waals surface area (Å²) in [5, 5.41) is 14.5. The number of nitrogens with one attached hydrogen (secondary N) is 2. The number of nitrogens with zero attached hydrogens (tertiary/aromatic N) is 3. The Balaban J connectivity index is 1.55. The molecule has 0 fully saturated rings. The Labute approximate surface area is 159 Å². The van der Waals surface area contributed by atoms with Gasteiger partial charge < -0.3 is 9.73 Å². The van der Waals surface area contributed by atoms with E-state index in [0.717, 1.165) is 28.1 Å². The number of fused-ring (bicyclic) bond motifs is 1. The topological polar surface area (TPSA) is 88.7 Å². The molecule has 0 saturated heterocycles. The average molecular weight is 377 g/mol. The van der Waals surface area contributed by atoms with E-state index in [1.807, 2.05) is 12.1 Å². The van der Waals surface area contributed by atoms with E-state index < -0.39 is 0 Å². The Bertz CT molecular complexity index is 1130. The molecule has 1 atom stereocenters. The average Bonchev–Trinajstić information content (AvgIpc) is 3.44. The third-order valence-corrected chi connectivity index (χ3v) is 4.95. The molecule has 1 amide bonds. The van der Waals surface area contributed by atoms with Crippen LogP contribution in [0.2, 0.25) is 0 Å². The molecule has 140 valence electrons. The number of amides is 1. The van der Waals surface area contributed by atoms with Crippen LogP contribution in [0.1, 0.15) is 29.2 Å². The number of benzene rings is 1. The van der Waals surface area contributed by atoms with Crippen LogP contribution in [0.25, 0.3) is 11.3 Å². The lowest BCUT2D eigenvalue weighted by Crippen LogP contribution is -2.25. The van der Waals surface area contributed by atoms with Crippen LogP contribution in [0.4, 0.5) is 10.2 Å². The number of carbonyl (C=O) groups excluding carboxylic acids is 1. The Hall–Kier alpha value is -3.68. The molecular weight excluding hydrogens is 361 g/mol. The molecule has 7 nitrogen and oxygen atoms in total. The maximum absolute atomic E-state index is 13.3. The number of halogens is 1. The Morgan fingerprint density at radius 3 is 2.82 bits per heavy atom. The molecular formula is C20H16FN5O2. The minimum absolute atomic E-state index is 0.0926. The van der Waals surface area contributed by atoms with E-state index >= 15 is 0 Å². The number of aromatic amines is 1. The van der Waals surface area contributed by atoms with Gasteiger partial charge in [-0.25, -0.2) is 9.07 Å². The fourth-order valence-electron chi connectivity index (χ4n) is 3.62. The van der Waals surface area contributed by atoms with Gasteiger partial charge in [0, 0.05) is 29.0 Å². The highest BCUT2D eigenvalue weighted by atomic mass is 19.1. The summed E-state index contributed by atoms with van der Waals surface area (Å²) >= 11 is 0. The molecule has 1 aliphatic heterocycles. The van der Waals surface area contributed by atoms with Gasteiger partial charge in [-0.3, -0.25) is 9.89 Å². The number of H-pyrrole nitrogens is 1. The maximum atomic E-state index is 13.3. The van der Waals surface area contributed by atoms with E-state index in [4.69, 9.17) is 4.42 Å². The molecule has 1 aromatic carbocycles. The van der Waals surface area contributed by atoms with Crippen molar-refractivity contribution in [1.29, 1.82) is 0 Å². The van der Waals surface area contributed by atoms with Crippen molar-refractivity contribution in [2.24, 2.45) is 0 Å². The molecule has 5 rings (SSSR count). The largest absolute Gasteiger partial charge is 0.467 e. The summed E-state index contributed by atoms with van der Waals surface area (Å²) in [4.78, 5) is 12.4. The van der Waals surface area contributed by atoms with E-state index in [1.165, 1.54) is 12.1 Å². The Kier molecular flexibility index (Phi) is 3.82. The number of aromatic nitrogens is 4. The van der Waals surface area contributed by atoms with Gasteiger partial charge in [0.1, 0.15) is 23.9 Å². The summed E-state index contributed by atoms with van der Waals surface area (Å²) in [5.41, 5.74) is 3.37. The summed E-state index contributed by atoms with van der Waals surface area (Å²) in [5.74, 6) is 0.808. The lowest BCUT2D eigenvalue weighted by molar-refractivity contribution is -0.116. The van der Waals surface area contributed by atoms with Crippen LogP contribution in [0.5, 0.6) is 0 Å². The van der Waals surface area contributed by atoms with Crippen molar-refractivity contribution in [1.82, 2.24) is 20.0 Å². The van der Waals surface area contributed by atoms with E-state index in [-0.39, 0.29) is 24.1 Å². The zero-order valence-electron chi connectivity index (χ0n) is 14.7. The van der Waals surface area contributed by atoms with Gasteiger partial charge in [0.25, 0.3) is 0 Å². The van der Waals surface area contributed by atoms with E-state index in [1.54, 1.807) is 35.5 Å². The highest BCUT2D eigenvalue weighted by Crippen LogP contribution is 2.40. The molecule has 8 heteroatoms. The van der Waals surface area contributed by atoms with Gasteiger partial charge in [0.05, 0.1) is 24.4 Å². The second kappa shape index (κ2) is 6.49. The second-order valence-corrected chi connectivity index (χ2v) is 6.70. The first-order valence-corrected chi connectivity index (χ1v) is 8.86. The normalized spacial score (nSPS) is 16.0. The van der Waals surface area contributed by atoms with Gasteiger partial charge in [-0.2, -0.15) is 10.2 Å². The molecule has 28 heavy (non-hydrogen) atoms. The fourth-order valence-corrected chi connectivity index (χ4v) is 3.62. The van der Waals surface area contributed by atoms with Gasteiger partial charge in [-0.1, -0.05) is 0 Å². The highest BCUT2D eigenvalue weighted by molar-refractivity contribution is 5.94. The van der Waals surface area contributed by atoms with Crippen LogP contribution in [-0.4, -0.2) is 25.9 Å². The zero-order valence-corrected chi connectivity index (χ0v) is 14.7. The number of furan rings is 1. The van der Waals surface area contributed by atoms with Crippen molar-refractivity contribution in [2.45, 2.75) is 18.9 Å². The molecule has 0 spiro atoms. The first kappa shape index (κ1) is 16.5. The zero-order chi connectivity index (χ0) is 19.1. The van der Waals surface area contributed by atoms with Gasteiger partial charge in [0.2, 0.25) is 5.91 Å². The van der Waals surface area contributed by atoms with Gasteiger partial charge >= 0.3 is 0 Å². The van der Waals surface area contributed by atoms with Crippen molar-refractivity contribution >= 4 is 11.7 Å². The van der Waals surface area contributed by atoms with Crippen molar-refractivity contribution in [3.8, 4) is 11.3 Å². The monoisotopic (exact) mass is 377 g/mol. The van der Waals surface area contributed by atoms with Gasteiger partial charge in [-0.15, -0.1) is 0 Å². The summed E-state index contributed by atoms with van der Waals surface area (Å²) in [6.07, 6.45) is 5.37. The number of anilines is 1. The van der Waals surface area contributed by atoms with E-state index in [9.17, 15) is 9.18 Å². The lowest BCUT2D eigenvalue weighted by atomic mass is 9.86. The summed E-state index contributed by atoms with van der Waals surface area (Å²) < 4.78 is 20.4. The minimum atomic E-state index is -0.302. The molecule has 4 aromatic rings. The molecule has 0 radical (unpaired) electrons. The third kappa shape index (κ3) is 2.79. The SMILES string of the molecule is O=C1CC(c2cn[nH]c2-c2ccc(F)cc2)c2cnn(Cc3ccco3)c2N1. The molecule has 0 aliphatic carbocycles. The second-order valence-electron chi connectivity index (χ2n) is 6.70. The minimum Gasteiger partial charge on any atom is -0.467 e. The van der Waals surface area contributed by atoms with Crippen molar-refractivity contribution in [3.63, 3.8) is 0 Å². The van der Waals surface area contributed by atoms with Crippen molar-refractivity contribution in [2.75, 3.05) is 5.32 Å². The van der Waals surface area contributed by atoms with Crippen LogP contribution < -0.4 is 5.32 Å². The summed E-state index contributed by atoms with van der Waals surface area (Å²) in [6.45, 7) is 0.422. The first-order valence-electron chi connectivity index (χ1n) is 8.86. The summed E-state index contributed by atoms with van der Waals surface area (Å²) in [6, 6.07) is 9.86. The van der Waals surface area contributed by atoms with E-state index in [2.05, 4.69) is 20.6 Å². The van der Waals surface area contributed by atoms with Crippen molar-refractivity contribution < 1.29 is 13.6 Å². The lowest BCUT2D eigenvalue weighted by Gasteiger charge is -2.23. The molecule has 4 heterocycles. The first-order chi connectivity index (χ1) is 13.7. The highest BCUT2D eigenvalue weighted by Gasteiger charge is 2.32. The predicted molar refractivity (Wildman–Crippen MR) is 99.1 cm³/mol. The molecule has 0 bridgehead atoms. The molecule has 0 saturated carbocycles. The molecule has 1 unspecified atom stereocenters. The summed E-state index contributed by atoms with van der Waals surface area (Å²) in [7, 11) is 0. The van der Waals surface area contributed by atoms with Gasteiger partial charge in [-0.05, 0) is 36.4 Å². The molecule has 1 aliphatic rings. The Morgan fingerprint density at radius 1 is 1.18 bits per heavy atom. The Morgan fingerprint density at radius 2 is 2.04 bits per heavy atom. The predicted octanol–water partition coefficient (Wildman–Crippen LogP) is 3.53. The number of carbonyl (C=O) groups is 1. The number of rotatable bonds is 4. The maximum Gasteiger partial charge on any atom is 0.226 e. The smallest absolute Gasteiger partial charge is 0.226 e. The van der Waals surface area contributed by atoms with Crippen LogP contribution in [-0.2, 0) is 11.3 Å². The number of hydrogen-bond donors (Lipinski definition) is 2. The quantitative estimate of drug-likeness (QED) is 0.569. The molecule has 3 aromatic heterocycles. The van der Waals surface area contributed by atoms with Crippen LogP contribution in [0.15, 0.2) is 59.5 Å². The third-order valence-electron chi connectivity index (χ3n) is 4.95. The van der Waals surface area contributed by atoms with Crippen LogP contribution in [0, 0.1) is 5.82 Å². The standard InChI is InChI=1S/C20H16FN5O2/c21-13-5-3-12(4-6-13)19-16(9-22-25-19)15-8-18(27)24-20-17(15)10-23-26(20)11-14-2-1-7-28-14/h1-7,9-10,15H,8,11H2,(H,22,25)(H,24,27). The fraction of sp³-hybridized carbons (Fsp3) is 0.150. The molecule has 2 N–H and O–H groups in total. The van der Waals surface area contributed by atoms with Crippen LogP contribution >= 0.6 is 0 Å². The van der Waals surface area contributed by atoms with Gasteiger partial charge in [0.15, 0.2) is 0 Å². The van der Waals surface area contributed by atoms with Crippen molar-refractivity contribution in [3.05, 3.63) is 77.8 Å². The number of hydrogen-bond acceptors (Lipinski definition) is 4.